The van der Waals surface area contributed by atoms with Crippen LogP contribution in [0.5, 0.6) is 0 Å². The molecule has 0 saturated carbocycles. The van der Waals surface area contributed by atoms with Crippen LogP contribution in [0.1, 0.15) is 20.8 Å². The second kappa shape index (κ2) is 5.51. The van der Waals surface area contributed by atoms with Crippen molar-refractivity contribution >= 4 is 0 Å². The van der Waals surface area contributed by atoms with Crippen molar-refractivity contribution in [2.75, 3.05) is 33.4 Å². The van der Waals surface area contributed by atoms with Crippen molar-refractivity contribution in [3.05, 3.63) is 0 Å². The zero-order chi connectivity index (χ0) is 9.61. The van der Waals surface area contributed by atoms with Crippen LogP contribution in [0.15, 0.2) is 0 Å². The fourth-order valence-electron chi connectivity index (χ4n) is 1.10. The van der Waals surface area contributed by atoms with Crippen LogP contribution in [0.3, 0.4) is 0 Å². The molecule has 0 aromatic rings. The van der Waals surface area contributed by atoms with Crippen molar-refractivity contribution in [3.63, 3.8) is 0 Å². The first-order valence-electron chi connectivity index (χ1n) is 4.44. The van der Waals surface area contributed by atoms with Gasteiger partial charge >= 0.3 is 0 Å². The van der Waals surface area contributed by atoms with E-state index in [1.54, 1.807) is 0 Å². The second-order valence-electron chi connectivity index (χ2n) is 3.75. The van der Waals surface area contributed by atoms with E-state index in [1.165, 1.54) is 0 Å². The summed E-state index contributed by atoms with van der Waals surface area (Å²) in [7, 11) is 1.98. The molecule has 0 amide bonds. The summed E-state index contributed by atoms with van der Waals surface area (Å²) in [6.45, 7) is 8.65. The third-order valence-electron chi connectivity index (χ3n) is 1.48. The molecule has 0 spiro atoms. The van der Waals surface area contributed by atoms with Gasteiger partial charge in [-0.1, -0.05) is 0 Å². The van der Waals surface area contributed by atoms with Gasteiger partial charge in [0.25, 0.3) is 0 Å². The van der Waals surface area contributed by atoms with Crippen LogP contribution in [-0.4, -0.2) is 49.0 Å². The molecule has 0 rings (SSSR count). The zero-order valence-electron chi connectivity index (χ0n) is 8.63. The largest absolute Gasteiger partial charge is 0.389 e. The molecule has 0 aromatic heterocycles. The molecule has 0 aliphatic rings. The highest BCUT2D eigenvalue weighted by Gasteiger charge is 2.14. The van der Waals surface area contributed by atoms with Crippen LogP contribution in [0.4, 0.5) is 0 Å². The highest BCUT2D eigenvalue weighted by atomic mass is 16.5. The summed E-state index contributed by atoms with van der Waals surface area (Å²) in [5.74, 6) is 0. The number of hydrogen-bond acceptors (Lipinski definition) is 3. The summed E-state index contributed by atoms with van der Waals surface area (Å²) in [6.07, 6.45) is 0. The highest BCUT2D eigenvalue weighted by molar-refractivity contribution is 4.69. The zero-order valence-corrected chi connectivity index (χ0v) is 8.63. The Bertz CT molecular complexity index is 110. The lowest BCUT2D eigenvalue weighted by Crippen LogP contribution is -2.37. The Morgan fingerprint density at radius 1 is 1.42 bits per heavy atom. The number of likely N-dealkylation sites (N-methyl/N-ethyl adjacent to an activating group) is 1. The fraction of sp³-hybridized carbons (Fsp3) is 1.00. The number of ether oxygens (including phenoxy) is 1. The molecule has 0 saturated heterocycles. The van der Waals surface area contributed by atoms with Crippen LogP contribution in [-0.2, 0) is 4.74 Å². The first-order chi connectivity index (χ1) is 5.45. The molecule has 12 heavy (non-hydrogen) atoms. The van der Waals surface area contributed by atoms with E-state index in [2.05, 4.69) is 4.90 Å². The maximum Gasteiger partial charge on any atom is 0.0718 e. The standard InChI is InChI=1S/C9H21NO2/c1-5-12-7-6-10(4)8-9(2,3)11/h11H,5-8H2,1-4H3. The topological polar surface area (TPSA) is 32.7 Å². The molecular weight excluding hydrogens is 154 g/mol. The molecule has 0 radical (unpaired) electrons. The Labute approximate surface area is 75.3 Å². The summed E-state index contributed by atoms with van der Waals surface area (Å²) < 4.78 is 5.20. The third-order valence-corrected chi connectivity index (χ3v) is 1.48. The Balaban J connectivity index is 3.40. The smallest absolute Gasteiger partial charge is 0.0718 e. The molecule has 0 atom stereocenters. The Hall–Kier alpha value is -0.120. The van der Waals surface area contributed by atoms with Gasteiger partial charge in [-0.2, -0.15) is 0 Å². The van der Waals surface area contributed by atoms with Gasteiger partial charge in [0.05, 0.1) is 12.2 Å². The Morgan fingerprint density at radius 2 is 2.00 bits per heavy atom. The monoisotopic (exact) mass is 175 g/mol. The van der Waals surface area contributed by atoms with Crippen LogP contribution in [0, 0.1) is 0 Å². The fourth-order valence-corrected chi connectivity index (χ4v) is 1.10. The summed E-state index contributed by atoms with van der Waals surface area (Å²) in [5, 5.41) is 9.46. The summed E-state index contributed by atoms with van der Waals surface area (Å²) in [6, 6.07) is 0. The molecule has 0 heterocycles. The van der Waals surface area contributed by atoms with E-state index in [-0.39, 0.29) is 0 Å². The lowest BCUT2D eigenvalue weighted by atomic mass is 10.1. The number of rotatable bonds is 6. The second-order valence-corrected chi connectivity index (χ2v) is 3.75. The maximum absolute atomic E-state index is 9.46. The number of hydrogen-bond donors (Lipinski definition) is 1. The molecule has 3 nitrogen and oxygen atoms in total. The number of nitrogens with zero attached hydrogens (tertiary/aromatic N) is 1. The maximum atomic E-state index is 9.46. The van der Waals surface area contributed by atoms with Gasteiger partial charge in [0.15, 0.2) is 0 Å². The Kier molecular flexibility index (Phi) is 5.46. The average Bonchev–Trinajstić information content (AvgIpc) is 1.84. The third kappa shape index (κ3) is 7.98. The minimum Gasteiger partial charge on any atom is -0.389 e. The lowest BCUT2D eigenvalue weighted by molar-refractivity contribution is 0.0336. The first-order valence-corrected chi connectivity index (χ1v) is 4.44. The minimum atomic E-state index is -0.610. The number of aliphatic hydroxyl groups is 1. The van der Waals surface area contributed by atoms with E-state index in [0.717, 1.165) is 19.8 Å². The Morgan fingerprint density at radius 3 is 2.42 bits per heavy atom. The summed E-state index contributed by atoms with van der Waals surface area (Å²) in [5.41, 5.74) is -0.610. The first kappa shape index (κ1) is 11.9. The predicted octanol–water partition coefficient (Wildman–Crippen LogP) is 0.726. The van der Waals surface area contributed by atoms with E-state index in [0.29, 0.717) is 6.54 Å². The van der Waals surface area contributed by atoms with Gasteiger partial charge in [-0.3, -0.25) is 0 Å². The molecule has 0 fully saturated rings. The van der Waals surface area contributed by atoms with Gasteiger partial charge in [0.1, 0.15) is 0 Å². The van der Waals surface area contributed by atoms with Crippen LogP contribution in [0.25, 0.3) is 0 Å². The van der Waals surface area contributed by atoms with E-state index >= 15 is 0 Å². The van der Waals surface area contributed by atoms with E-state index in [1.807, 2.05) is 27.8 Å². The summed E-state index contributed by atoms with van der Waals surface area (Å²) >= 11 is 0. The molecule has 0 aliphatic carbocycles. The van der Waals surface area contributed by atoms with Crippen LogP contribution < -0.4 is 0 Å². The van der Waals surface area contributed by atoms with Gasteiger partial charge in [-0.15, -0.1) is 0 Å². The normalized spacial score (nSPS) is 12.5. The average molecular weight is 175 g/mol. The molecule has 1 N–H and O–H groups in total. The van der Waals surface area contributed by atoms with Gasteiger partial charge in [0, 0.05) is 19.7 Å². The van der Waals surface area contributed by atoms with Crippen molar-refractivity contribution in [2.24, 2.45) is 0 Å². The SMILES string of the molecule is CCOCCN(C)CC(C)(C)O. The van der Waals surface area contributed by atoms with E-state index in [9.17, 15) is 5.11 Å². The van der Waals surface area contributed by atoms with Crippen LogP contribution >= 0.6 is 0 Å². The van der Waals surface area contributed by atoms with Crippen molar-refractivity contribution in [1.82, 2.24) is 4.90 Å². The lowest BCUT2D eigenvalue weighted by Gasteiger charge is -2.25. The van der Waals surface area contributed by atoms with Gasteiger partial charge in [-0.05, 0) is 27.8 Å². The molecule has 3 heteroatoms. The molecule has 0 aromatic carbocycles. The molecule has 74 valence electrons. The van der Waals surface area contributed by atoms with Gasteiger partial charge < -0.3 is 14.7 Å². The van der Waals surface area contributed by atoms with Crippen molar-refractivity contribution in [2.45, 2.75) is 26.4 Å². The van der Waals surface area contributed by atoms with Gasteiger partial charge in [0.2, 0.25) is 0 Å². The molecule has 0 aliphatic heterocycles. The summed E-state index contributed by atoms with van der Waals surface area (Å²) in [4.78, 5) is 2.07. The molecular formula is C9H21NO2. The molecule has 0 bridgehead atoms. The highest BCUT2D eigenvalue weighted by Crippen LogP contribution is 2.02. The van der Waals surface area contributed by atoms with E-state index in [4.69, 9.17) is 4.74 Å². The van der Waals surface area contributed by atoms with Crippen LogP contribution in [0.2, 0.25) is 0 Å². The van der Waals surface area contributed by atoms with Gasteiger partial charge in [-0.25, -0.2) is 0 Å². The molecule has 0 unspecified atom stereocenters. The van der Waals surface area contributed by atoms with Crippen molar-refractivity contribution < 1.29 is 9.84 Å². The predicted molar refractivity (Wildman–Crippen MR) is 50.3 cm³/mol. The van der Waals surface area contributed by atoms with Crippen molar-refractivity contribution in [1.29, 1.82) is 0 Å². The quantitative estimate of drug-likeness (QED) is 0.604. The minimum absolute atomic E-state index is 0.610. The van der Waals surface area contributed by atoms with E-state index < -0.39 is 5.60 Å². The van der Waals surface area contributed by atoms with Crippen molar-refractivity contribution in [3.8, 4) is 0 Å².